The minimum Gasteiger partial charge on any atom is -0.392 e. The van der Waals surface area contributed by atoms with Crippen LogP contribution in [0.15, 0.2) is 122 Å². The first-order valence-corrected chi connectivity index (χ1v) is 16.2. The predicted octanol–water partition coefficient (Wildman–Crippen LogP) is 6.74. The molecule has 5 N–H and O–H groups in total. The first-order valence-electron chi connectivity index (χ1n) is 15.8. The summed E-state index contributed by atoms with van der Waals surface area (Å²) in [6, 6.07) is 28.2. The number of aliphatic hydroxyl groups excluding tert-OH is 2. The number of halogens is 2. The Balaban J connectivity index is 0.000000187. The molecule has 0 atom stereocenters. The van der Waals surface area contributed by atoms with Gasteiger partial charge in [0.25, 0.3) is 0 Å². The molecule has 0 aliphatic heterocycles. The van der Waals surface area contributed by atoms with E-state index in [1.165, 1.54) is 24.8 Å². The molecule has 4 heterocycles. The fraction of sp³-hybridized carbons (Fsp3) is 0.0811. The molecule has 0 unspecified atom stereocenters. The van der Waals surface area contributed by atoms with E-state index in [0.29, 0.717) is 52.2 Å². The smallest absolute Gasteiger partial charge is 0.230 e. The predicted molar refractivity (Wildman–Crippen MR) is 196 cm³/mol. The highest BCUT2D eigenvalue weighted by atomic mass is 35.5. The van der Waals surface area contributed by atoms with Crippen LogP contribution in [-0.4, -0.2) is 50.1 Å². The Kier molecular flexibility index (Phi) is 11.9. The normalized spacial score (nSPS) is 10.5. The fourth-order valence-electron chi connectivity index (χ4n) is 4.79. The maximum Gasteiger partial charge on any atom is 0.230 e. The van der Waals surface area contributed by atoms with E-state index in [1.54, 1.807) is 42.7 Å². The molecule has 52 heavy (non-hydrogen) atoms. The molecule has 260 valence electrons. The Morgan fingerprint density at radius 2 is 1.13 bits per heavy atom. The van der Waals surface area contributed by atoms with Crippen molar-refractivity contribution < 1.29 is 14.6 Å². The fourth-order valence-corrected chi connectivity index (χ4v) is 5.00. The molecule has 0 saturated heterocycles. The lowest BCUT2D eigenvalue weighted by Crippen LogP contribution is -2.05. The number of nitrogens with one attached hydrogen (secondary N) is 3. The van der Waals surface area contributed by atoms with Crippen LogP contribution in [0.2, 0.25) is 5.15 Å². The second kappa shape index (κ2) is 17.4. The summed E-state index contributed by atoms with van der Waals surface area (Å²) in [5.74, 6) is 2.01. The molecule has 0 aliphatic carbocycles. The van der Waals surface area contributed by atoms with E-state index in [0.717, 1.165) is 28.1 Å². The summed E-state index contributed by atoms with van der Waals surface area (Å²) in [5, 5.41) is 28.2. The lowest BCUT2D eigenvalue weighted by molar-refractivity contribution is 0.281. The van der Waals surface area contributed by atoms with E-state index >= 15 is 0 Å². The highest BCUT2D eigenvalue weighted by molar-refractivity contribution is 6.31. The zero-order valence-electron chi connectivity index (χ0n) is 27.4. The number of hydrogen-bond acceptors (Lipinski definition) is 13. The first kappa shape index (κ1) is 35.3. The van der Waals surface area contributed by atoms with E-state index in [4.69, 9.17) is 16.7 Å². The van der Waals surface area contributed by atoms with Crippen molar-refractivity contribution in [3.63, 3.8) is 0 Å². The molecule has 7 aromatic rings. The van der Waals surface area contributed by atoms with Gasteiger partial charge in [-0.05, 0) is 77.4 Å². The van der Waals surface area contributed by atoms with Crippen LogP contribution in [0.4, 0.5) is 33.5 Å². The summed E-state index contributed by atoms with van der Waals surface area (Å²) < 4.78 is 13.1. The standard InChI is InChI=1S/C22H19FN6O.C15H12ClN5O/c23-17-8-6-15(7-9-17)12-25-20-19(5-2-10-24-20)21-26-14-27-22(29-21)28-18-4-1-3-16(11-18)13-30;16-13-12(5-2-6-17-13)14-18-9-19-15(21-14)20-11-4-1-3-10(7-11)8-22/h1-11,14,30H,12-13H2,(H,24,25)(H,26,27,28,29);1-7,9,22H,8H2,(H,18,19,20,21). The number of rotatable bonds is 11. The van der Waals surface area contributed by atoms with Crippen molar-refractivity contribution in [1.29, 1.82) is 0 Å². The Hall–Kier alpha value is -6.48. The number of anilines is 5. The molecule has 0 spiro atoms. The quantitative estimate of drug-likeness (QED) is 0.0890. The second-order valence-corrected chi connectivity index (χ2v) is 11.3. The van der Waals surface area contributed by atoms with Gasteiger partial charge in [-0.2, -0.15) is 9.97 Å². The number of pyridine rings is 2. The lowest BCUT2D eigenvalue weighted by Gasteiger charge is -2.11. The molecule has 0 amide bonds. The van der Waals surface area contributed by atoms with Gasteiger partial charge in [0.2, 0.25) is 11.9 Å². The van der Waals surface area contributed by atoms with Crippen LogP contribution in [0.25, 0.3) is 22.8 Å². The van der Waals surface area contributed by atoms with Gasteiger partial charge < -0.3 is 26.2 Å². The molecule has 0 bridgehead atoms. The van der Waals surface area contributed by atoms with E-state index < -0.39 is 0 Å². The van der Waals surface area contributed by atoms with Crippen molar-refractivity contribution in [2.45, 2.75) is 19.8 Å². The summed E-state index contributed by atoms with van der Waals surface area (Å²) >= 11 is 6.05. The van der Waals surface area contributed by atoms with Crippen molar-refractivity contribution in [2.75, 3.05) is 16.0 Å². The van der Waals surface area contributed by atoms with Gasteiger partial charge in [0.05, 0.1) is 24.3 Å². The Bertz CT molecular complexity index is 2250. The van der Waals surface area contributed by atoms with E-state index in [1.807, 2.05) is 54.6 Å². The van der Waals surface area contributed by atoms with Crippen molar-refractivity contribution in [3.05, 3.63) is 150 Å². The Morgan fingerprint density at radius 1 is 0.577 bits per heavy atom. The number of aromatic nitrogens is 8. The Labute approximate surface area is 302 Å². The molecule has 15 heteroatoms. The van der Waals surface area contributed by atoms with Gasteiger partial charge in [-0.25, -0.2) is 34.3 Å². The Morgan fingerprint density at radius 3 is 1.71 bits per heavy atom. The summed E-state index contributed by atoms with van der Waals surface area (Å²) in [4.78, 5) is 33.9. The maximum absolute atomic E-state index is 13.1. The van der Waals surface area contributed by atoms with Gasteiger partial charge >= 0.3 is 0 Å². The zero-order chi connectivity index (χ0) is 36.1. The van der Waals surface area contributed by atoms with Crippen molar-refractivity contribution in [3.8, 4) is 22.8 Å². The third-order valence-corrected chi connectivity index (χ3v) is 7.60. The summed E-state index contributed by atoms with van der Waals surface area (Å²) in [6.07, 6.45) is 6.12. The van der Waals surface area contributed by atoms with Gasteiger partial charge in [-0.3, -0.25) is 0 Å². The number of aliphatic hydroxyl groups is 2. The highest BCUT2D eigenvalue weighted by Gasteiger charge is 2.12. The summed E-state index contributed by atoms with van der Waals surface area (Å²) in [5.41, 5.74) is 5.41. The first-order chi connectivity index (χ1) is 25.5. The van der Waals surface area contributed by atoms with Crippen molar-refractivity contribution in [1.82, 2.24) is 39.9 Å². The molecule has 3 aromatic carbocycles. The third-order valence-electron chi connectivity index (χ3n) is 7.30. The average Bonchev–Trinajstić information content (AvgIpc) is 3.18. The van der Waals surface area contributed by atoms with E-state index in [9.17, 15) is 9.50 Å². The van der Waals surface area contributed by atoms with E-state index in [-0.39, 0.29) is 19.0 Å². The molecule has 7 rings (SSSR count). The average molecular weight is 716 g/mol. The van der Waals surface area contributed by atoms with Crippen LogP contribution in [0.3, 0.4) is 0 Å². The molecule has 0 fully saturated rings. The lowest BCUT2D eigenvalue weighted by atomic mass is 10.2. The van der Waals surface area contributed by atoms with Crippen LogP contribution in [-0.2, 0) is 19.8 Å². The van der Waals surface area contributed by atoms with Crippen LogP contribution in [0, 0.1) is 5.82 Å². The van der Waals surface area contributed by atoms with Gasteiger partial charge in [0.15, 0.2) is 11.6 Å². The molecular weight excluding hydrogens is 685 g/mol. The molecule has 4 aromatic heterocycles. The number of benzene rings is 3. The minimum atomic E-state index is -0.271. The summed E-state index contributed by atoms with van der Waals surface area (Å²) in [6.45, 7) is 0.411. The zero-order valence-corrected chi connectivity index (χ0v) is 28.2. The SMILES string of the molecule is OCc1cccc(Nc2ncnc(-c3cccnc3Cl)n2)c1.OCc1cccc(Nc2ncnc(-c3cccnc3NCc3ccc(F)cc3)n2)c1. The second-order valence-electron chi connectivity index (χ2n) is 11.0. The van der Waals surface area contributed by atoms with Gasteiger partial charge in [0.1, 0.15) is 29.4 Å². The molecule has 0 saturated carbocycles. The summed E-state index contributed by atoms with van der Waals surface area (Å²) in [7, 11) is 0. The highest BCUT2D eigenvalue weighted by Crippen LogP contribution is 2.25. The van der Waals surface area contributed by atoms with Gasteiger partial charge in [0, 0.05) is 30.3 Å². The van der Waals surface area contributed by atoms with E-state index in [2.05, 4.69) is 55.8 Å². The third kappa shape index (κ3) is 9.60. The van der Waals surface area contributed by atoms with Crippen LogP contribution < -0.4 is 16.0 Å². The van der Waals surface area contributed by atoms with Crippen molar-refractivity contribution >= 4 is 40.7 Å². The number of nitrogens with zero attached hydrogens (tertiary/aromatic N) is 8. The van der Waals surface area contributed by atoms with Crippen LogP contribution in [0.5, 0.6) is 0 Å². The van der Waals surface area contributed by atoms with Crippen LogP contribution >= 0.6 is 11.6 Å². The molecule has 0 aliphatic rings. The largest absolute Gasteiger partial charge is 0.392 e. The van der Waals surface area contributed by atoms with Crippen molar-refractivity contribution in [2.24, 2.45) is 0 Å². The number of hydrogen-bond donors (Lipinski definition) is 5. The van der Waals surface area contributed by atoms with Gasteiger partial charge in [-0.15, -0.1) is 0 Å². The molecular formula is C37H31ClFN11O2. The maximum atomic E-state index is 13.1. The van der Waals surface area contributed by atoms with Gasteiger partial charge in [-0.1, -0.05) is 48.0 Å². The topological polar surface area (TPSA) is 180 Å². The molecule has 13 nitrogen and oxygen atoms in total. The monoisotopic (exact) mass is 715 g/mol. The van der Waals surface area contributed by atoms with Crippen LogP contribution in [0.1, 0.15) is 16.7 Å². The molecule has 0 radical (unpaired) electrons. The minimum absolute atomic E-state index is 0.0245.